The highest BCUT2D eigenvalue weighted by molar-refractivity contribution is 6.08. The third-order valence-corrected chi connectivity index (χ3v) is 5.10. The molecule has 0 N–H and O–H groups in total. The van der Waals surface area contributed by atoms with E-state index in [0.717, 1.165) is 24.3 Å². The maximum absolute atomic E-state index is 14.8. The van der Waals surface area contributed by atoms with Crippen LogP contribution in [0.15, 0.2) is 36.4 Å². The van der Waals surface area contributed by atoms with Gasteiger partial charge < -0.3 is 0 Å². The molecule has 0 saturated heterocycles. The van der Waals surface area contributed by atoms with Crippen LogP contribution < -0.4 is 4.57 Å². The molecule has 0 spiro atoms. The van der Waals surface area contributed by atoms with Crippen molar-refractivity contribution in [1.82, 2.24) is 0 Å². The Morgan fingerprint density at radius 2 is 1.03 bits per heavy atom. The predicted octanol–water partition coefficient (Wildman–Crippen LogP) is 5.00. The van der Waals surface area contributed by atoms with E-state index in [2.05, 4.69) is 0 Å². The fourth-order valence-corrected chi connectivity index (χ4v) is 3.63. The average molecular weight is 450 g/mol. The summed E-state index contributed by atoms with van der Waals surface area (Å²) in [4.78, 5) is 20.9. The van der Waals surface area contributed by atoms with Gasteiger partial charge in [-0.15, -0.1) is 0 Å². The van der Waals surface area contributed by atoms with Crippen molar-refractivity contribution in [2.75, 3.05) is 0 Å². The summed E-state index contributed by atoms with van der Waals surface area (Å²) in [5.74, 6) is -11.2. The normalized spacial score (nSPS) is 11.3. The van der Waals surface area contributed by atoms with Gasteiger partial charge in [0.25, 0.3) is 11.4 Å². The molecule has 0 bridgehead atoms. The first kappa shape index (κ1) is 21.0. The van der Waals surface area contributed by atoms with E-state index < -0.39 is 61.4 Å². The number of nitrogens with zero attached hydrogens (tertiary/aromatic N) is 3. The van der Waals surface area contributed by atoms with Crippen molar-refractivity contribution >= 4 is 33.2 Å². The summed E-state index contributed by atoms with van der Waals surface area (Å²) in [6, 6.07) is 6.49. The highest BCUT2D eigenvalue weighted by Gasteiger charge is 2.32. The number of non-ortho nitro benzene ring substituents is 2. The van der Waals surface area contributed by atoms with Gasteiger partial charge >= 0.3 is 0 Å². The Morgan fingerprint density at radius 3 is 1.41 bits per heavy atom. The van der Waals surface area contributed by atoms with Gasteiger partial charge in [-0.1, -0.05) is 0 Å². The van der Waals surface area contributed by atoms with Crippen LogP contribution in [-0.4, -0.2) is 9.85 Å². The molecule has 1 aromatic heterocycles. The molecule has 0 aliphatic rings. The molecule has 0 aliphatic carbocycles. The van der Waals surface area contributed by atoms with E-state index in [-0.39, 0.29) is 21.8 Å². The van der Waals surface area contributed by atoms with Gasteiger partial charge in [-0.05, 0) is 0 Å². The van der Waals surface area contributed by atoms with Crippen LogP contribution in [0, 0.1) is 49.3 Å². The molecule has 7 nitrogen and oxygen atoms in total. The van der Waals surface area contributed by atoms with Crippen LogP contribution in [0.25, 0.3) is 32.9 Å². The minimum absolute atomic E-state index is 0.149. The molecule has 4 rings (SSSR count). The van der Waals surface area contributed by atoms with Gasteiger partial charge in [-0.3, -0.25) is 20.2 Å². The molecule has 0 atom stereocenters. The molecule has 32 heavy (non-hydrogen) atoms. The second-order valence-electron chi connectivity index (χ2n) is 6.80. The number of nitro groups is 2. The Kier molecular flexibility index (Phi) is 4.72. The summed E-state index contributed by atoms with van der Waals surface area (Å²) in [7, 11) is 1.48. The number of aromatic nitrogens is 1. The molecule has 3 aromatic carbocycles. The maximum atomic E-state index is 14.8. The number of aryl methyl sites for hydroxylation is 1. The third kappa shape index (κ3) is 2.91. The molecular weight excluding hydrogens is 441 g/mol. The van der Waals surface area contributed by atoms with Gasteiger partial charge in [0.1, 0.15) is 7.05 Å². The van der Waals surface area contributed by atoms with Crippen LogP contribution in [-0.2, 0) is 7.05 Å². The smallest absolute Gasteiger partial charge is 0.258 e. The second kappa shape index (κ2) is 7.18. The van der Waals surface area contributed by atoms with Gasteiger partial charge in [-0.2, -0.15) is 4.57 Å². The Balaban J connectivity index is 2.35. The fourth-order valence-electron chi connectivity index (χ4n) is 3.63. The number of fused-ring (bicyclic) bond motifs is 2. The van der Waals surface area contributed by atoms with Gasteiger partial charge in [0.2, 0.25) is 16.9 Å². The molecule has 4 aromatic rings. The van der Waals surface area contributed by atoms with Crippen molar-refractivity contribution in [3.8, 4) is 11.1 Å². The molecule has 12 heteroatoms. The number of hydrogen-bond acceptors (Lipinski definition) is 4. The number of benzene rings is 3. The highest BCUT2D eigenvalue weighted by atomic mass is 19.2. The SMILES string of the molecule is C[n+]1c2ccc([N+](=O)[O-])cc2c(-c2c(F)c(F)c(F)c(F)c2F)c2cc([N+](=O)[O-])ccc21. The second-order valence-corrected chi connectivity index (χ2v) is 6.80. The molecule has 0 amide bonds. The summed E-state index contributed by atoms with van der Waals surface area (Å²) in [6.07, 6.45) is 0. The molecule has 162 valence electrons. The fraction of sp³-hybridized carbons (Fsp3) is 0.0500. The molecule has 1 heterocycles. The largest absolute Gasteiger partial charge is 0.270 e. The summed E-state index contributed by atoms with van der Waals surface area (Å²) in [5, 5.41) is 22.0. The van der Waals surface area contributed by atoms with Crippen LogP contribution in [0.1, 0.15) is 0 Å². The monoisotopic (exact) mass is 450 g/mol. The van der Waals surface area contributed by atoms with Gasteiger partial charge in [-0.25, -0.2) is 22.0 Å². The first-order valence-corrected chi connectivity index (χ1v) is 8.74. The van der Waals surface area contributed by atoms with Crippen LogP contribution in [0.5, 0.6) is 0 Å². The number of nitro benzene ring substituents is 2. The van der Waals surface area contributed by atoms with Crippen molar-refractivity contribution in [3.63, 3.8) is 0 Å². The standard InChI is InChI=1S/C20H9F5N3O4/c1-26-12-4-2-8(27(29)30)6-10(12)14(11-7-9(28(31)32)3-5-13(11)26)15-16(21)18(23)20(25)19(24)17(15)22/h2-7H,1H3/q+1. The van der Waals surface area contributed by atoms with Crippen molar-refractivity contribution < 1.29 is 36.4 Å². The van der Waals surface area contributed by atoms with E-state index in [1.54, 1.807) is 0 Å². The van der Waals surface area contributed by atoms with Gasteiger partial charge in [0.05, 0.1) is 26.2 Å². The Hall–Kier alpha value is -4.22. The zero-order chi connectivity index (χ0) is 23.5. The number of hydrogen-bond donors (Lipinski definition) is 0. The van der Waals surface area contributed by atoms with E-state index >= 15 is 0 Å². The van der Waals surface area contributed by atoms with Crippen molar-refractivity contribution in [2.24, 2.45) is 7.05 Å². The summed E-state index contributed by atoms with van der Waals surface area (Å²) in [6.45, 7) is 0. The van der Waals surface area contributed by atoms with E-state index in [1.165, 1.54) is 23.7 Å². The molecule has 0 radical (unpaired) electrons. The van der Waals surface area contributed by atoms with Crippen LogP contribution in [0.3, 0.4) is 0 Å². The number of pyridine rings is 1. The van der Waals surface area contributed by atoms with E-state index in [9.17, 15) is 42.2 Å². The minimum Gasteiger partial charge on any atom is -0.258 e. The molecule has 0 saturated carbocycles. The predicted molar refractivity (Wildman–Crippen MR) is 101 cm³/mol. The molecular formula is C20H9F5N3O4+. The van der Waals surface area contributed by atoms with Crippen molar-refractivity contribution in [2.45, 2.75) is 0 Å². The van der Waals surface area contributed by atoms with E-state index in [0.29, 0.717) is 0 Å². The quantitative estimate of drug-likeness (QED) is 0.0836. The molecule has 0 unspecified atom stereocenters. The topological polar surface area (TPSA) is 90.2 Å². The molecule has 0 fully saturated rings. The molecule has 0 aliphatic heterocycles. The Bertz CT molecular complexity index is 1400. The first-order valence-electron chi connectivity index (χ1n) is 8.74. The van der Waals surface area contributed by atoms with Crippen LogP contribution in [0.2, 0.25) is 0 Å². The number of halogens is 5. The lowest BCUT2D eigenvalue weighted by Gasteiger charge is -2.13. The van der Waals surface area contributed by atoms with Gasteiger partial charge in [0.15, 0.2) is 23.3 Å². The first-order chi connectivity index (χ1) is 15.0. The highest BCUT2D eigenvalue weighted by Crippen LogP contribution is 2.41. The Labute approximate surface area is 174 Å². The zero-order valence-corrected chi connectivity index (χ0v) is 15.8. The minimum atomic E-state index is -2.38. The lowest BCUT2D eigenvalue weighted by Crippen LogP contribution is -2.30. The van der Waals surface area contributed by atoms with Crippen molar-refractivity contribution in [3.05, 3.63) is 85.7 Å². The van der Waals surface area contributed by atoms with Crippen LogP contribution >= 0.6 is 0 Å². The lowest BCUT2D eigenvalue weighted by molar-refractivity contribution is -0.617. The summed E-state index contributed by atoms with van der Waals surface area (Å²) >= 11 is 0. The summed E-state index contributed by atoms with van der Waals surface area (Å²) in [5.41, 5.74) is -2.70. The summed E-state index contributed by atoms with van der Waals surface area (Å²) < 4.78 is 72.6. The maximum Gasteiger partial charge on any atom is 0.270 e. The average Bonchev–Trinajstić information content (AvgIpc) is 2.77. The van der Waals surface area contributed by atoms with E-state index in [1.807, 2.05) is 0 Å². The van der Waals surface area contributed by atoms with E-state index in [4.69, 9.17) is 0 Å². The van der Waals surface area contributed by atoms with Crippen molar-refractivity contribution in [1.29, 1.82) is 0 Å². The lowest BCUT2D eigenvalue weighted by atomic mass is 9.94. The van der Waals surface area contributed by atoms with Gasteiger partial charge in [0, 0.05) is 42.0 Å². The Morgan fingerprint density at radius 1 is 0.656 bits per heavy atom. The number of rotatable bonds is 3. The third-order valence-electron chi connectivity index (χ3n) is 5.10. The zero-order valence-electron chi connectivity index (χ0n) is 15.8. The van der Waals surface area contributed by atoms with Crippen LogP contribution in [0.4, 0.5) is 33.3 Å².